The summed E-state index contributed by atoms with van der Waals surface area (Å²) in [4.78, 5) is 1.68. The van der Waals surface area contributed by atoms with Gasteiger partial charge in [0.25, 0.3) is 0 Å². The van der Waals surface area contributed by atoms with Crippen LogP contribution in [-0.4, -0.2) is 57.0 Å². The Morgan fingerprint density at radius 1 is 1.47 bits per heavy atom. The standard InChI is InChI=1S/C9H17F3N2O/c1-14(4-2-9(10,11)12)6-8-7-15-5-3-13-8/h8,13H,2-7H2,1H3. The maximum Gasteiger partial charge on any atom is 0.390 e. The van der Waals surface area contributed by atoms with E-state index in [-0.39, 0.29) is 12.6 Å². The number of morpholine rings is 1. The number of hydrogen-bond acceptors (Lipinski definition) is 3. The summed E-state index contributed by atoms with van der Waals surface area (Å²) >= 11 is 0. The van der Waals surface area contributed by atoms with Crippen molar-refractivity contribution in [2.24, 2.45) is 0 Å². The Kier molecular flexibility index (Phi) is 4.82. The molecule has 0 aromatic rings. The molecule has 3 nitrogen and oxygen atoms in total. The van der Waals surface area contributed by atoms with E-state index in [1.807, 2.05) is 0 Å². The topological polar surface area (TPSA) is 24.5 Å². The zero-order chi connectivity index (χ0) is 11.3. The smallest absolute Gasteiger partial charge is 0.378 e. The van der Waals surface area contributed by atoms with Crippen LogP contribution in [0.15, 0.2) is 0 Å². The summed E-state index contributed by atoms with van der Waals surface area (Å²) in [6, 6.07) is 0.150. The van der Waals surface area contributed by atoms with Crippen LogP contribution in [0, 0.1) is 0 Å². The molecule has 0 bridgehead atoms. The number of ether oxygens (including phenoxy) is 1. The van der Waals surface area contributed by atoms with Crippen LogP contribution in [0.3, 0.4) is 0 Å². The third kappa shape index (κ3) is 5.96. The fourth-order valence-electron chi connectivity index (χ4n) is 1.52. The highest BCUT2D eigenvalue weighted by molar-refractivity contribution is 4.73. The lowest BCUT2D eigenvalue weighted by Crippen LogP contribution is -2.48. The zero-order valence-corrected chi connectivity index (χ0v) is 8.81. The van der Waals surface area contributed by atoms with Gasteiger partial charge in [0.1, 0.15) is 0 Å². The Labute approximate surface area is 87.6 Å². The summed E-state index contributed by atoms with van der Waals surface area (Å²) in [6.07, 6.45) is -4.82. The highest BCUT2D eigenvalue weighted by atomic mass is 19.4. The summed E-state index contributed by atoms with van der Waals surface area (Å²) in [5, 5.41) is 3.20. The number of rotatable bonds is 4. The Morgan fingerprint density at radius 2 is 2.20 bits per heavy atom. The van der Waals surface area contributed by atoms with E-state index in [1.54, 1.807) is 11.9 Å². The number of hydrogen-bond donors (Lipinski definition) is 1. The molecule has 1 unspecified atom stereocenters. The molecule has 1 aliphatic heterocycles. The quantitative estimate of drug-likeness (QED) is 0.769. The second-order valence-corrected chi connectivity index (χ2v) is 3.85. The zero-order valence-electron chi connectivity index (χ0n) is 8.81. The normalized spacial score (nSPS) is 23.4. The average molecular weight is 226 g/mol. The van der Waals surface area contributed by atoms with Crippen molar-refractivity contribution in [2.75, 3.05) is 39.9 Å². The molecule has 0 amide bonds. The molecule has 0 aliphatic carbocycles. The van der Waals surface area contributed by atoms with Crippen LogP contribution in [0.1, 0.15) is 6.42 Å². The Balaban J connectivity index is 2.14. The van der Waals surface area contributed by atoms with Crippen molar-refractivity contribution in [3.8, 4) is 0 Å². The molecule has 0 aromatic heterocycles. The van der Waals surface area contributed by atoms with E-state index in [2.05, 4.69) is 5.32 Å². The molecular weight excluding hydrogens is 209 g/mol. The first kappa shape index (κ1) is 12.7. The molecule has 1 N–H and O–H groups in total. The molecule has 1 heterocycles. The fourth-order valence-corrected chi connectivity index (χ4v) is 1.52. The minimum Gasteiger partial charge on any atom is -0.378 e. The van der Waals surface area contributed by atoms with Crippen LogP contribution in [0.2, 0.25) is 0 Å². The summed E-state index contributed by atoms with van der Waals surface area (Å²) < 4.78 is 41.0. The Hall–Kier alpha value is -0.330. The van der Waals surface area contributed by atoms with Crippen LogP contribution < -0.4 is 5.32 Å². The first-order valence-corrected chi connectivity index (χ1v) is 5.04. The van der Waals surface area contributed by atoms with Gasteiger partial charge in [-0.2, -0.15) is 13.2 Å². The van der Waals surface area contributed by atoms with Crippen LogP contribution in [0.5, 0.6) is 0 Å². The predicted octanol–water partition coefficient (Wildman–Crippen LogP) is 0.859. The molecule has 90 valence electrons. The lowest BCUT2D eigenvalue weighted by atomic mass is 10.2. The van der Waals surface area contributed by atoms with Crippen LogP contribution in [-0.2, 0) is 4.74 Å². The summed E-state index contributed by atoms with van der Waals surface area (Å²) in [7, 11) is 1.70. The number of alkyl halides is 3. The van der Waals surface area contributed by atoms with Crippen molar-refractivity contribution in [1.29, 1.82) is 0 Å². The fraction of sp³-hybridized carbons (Fsp3) is 1.00. The van der Waals surface area contributed by atoms with Crippen molar-refractivity contribution in [1.82, 2.24) is 10.2 Å². The van der Waals surface area contributed by atoms with Crippen molar-refractivity contribution in [2.45, 2.75) is 18.6 Å². The number of nitrogens with zero attached hydrogens (tertiary/aromatic N) is 1. The van der Waals surface area contributed by atoms with Crippen molar-refractivity contribution in [3.63, 3.8) is 0 Å². The third-order valence-electron chi connectivity index (χ3n) is 2.31. The molecule has 0 aromatic carbocycles. The summed E-state index contributed by atoms with van der Waals surface area (Å²) in [5.74, 6) is 0. The lowest BCUT2D eigenvalue weighted by molar-refractivity contribution is -0.137. The van der Waals surface area contributed by atoms with Gasteiger partial charge in [-0.05, 0) is 7.05 Å². The summed E-state index contributed by atoms with van der Waals surface area (Å²) in [6.45, 7) is 2.68. The van der Waals surface area contributed by atoms with Gasteiger partial charge < -0.3 is 15.0 Å². The van der Waals surface area contributed by atoms with Gasteiger partial charge in [-0.1, -0.05) is 0 Å². The molecule has 1 aliphatic rings. The number of nitrogens with one attached hydrogen (secondary N) is 1. The van der Waals surface area contributed by atoms with Gasteiger partial charge in [0, 0.05) is 25.7 Å². The Bertz CT molecular complexity index is 181. The first-order chi connectivity index (χ1) is 6.97. The SMILES string of the molecule is CN(CCC(F)(F)F)CC1COCCN1. The van der Waals surface area contributed by atoms with Gasteiger partial charge in [-0.25, -0.2) is 0 Å². The van der Waals surface area contributed by atoms with E-state index >= 15 is 0 Å². The van der Waals surface area contributed by atoms with E-state index in [1.165, 1.54) is 0 Å². The highest BCUT2D eigenvalue weighted by Gasteiger charge is 2.27. The van der Waals surface area contributed by atoms with Crippen LogP contribution in [0.25, 0.3) is 0 Å². The minimum absolute atomic E-state index is 0.0433. The van der Waals surface area contributed by atoms with Crippen molar-refractivity contribution in [3.05, 3.63) is 0 Å². The van der Waals surface area contributed by atoms with E-state index < -0.39 is 12.6 Å². The first-order valence-electron chi connectivity index (χ1n) is 5.04. The van der Waals surface area contributed by atoms with Crippen molar-refractivity contribution >= 4 is 0 Å². The molecular formula is C9H17F3N2O. The largest absolute Gasteiger partial charge is 0.390 e. The number of likely N-dealkylation sites (N-methyl/N-ethyl adjacent to an activating group) is 1. The predicted molar refractivity (Wildman–Crippen MR) is 50.8 cm³/mol. The van der Waals surface area contributed by atoms with Gasteiger partial charge >= 0.3 is 6.18 Å². The maximum absolute atomic E-state index is 11.9. The average Bonchev–Trinajstić information content (AvgIpc) is 2.15. The van der Waals surface area contributed by atoms with E-state index in [0.29, 0.717) is 19.8 Å². The maximum atomic E-state index is 11.9. The monoisotopic (exact) mass is 226 g/mol. The van der Waals surface area contributed by atoms with E-state index in [4.69, 9.17) is 4.74 Å². The third-order valence-corrected chi connectivity index (χ3v) is 2.31. The van der Waals surface area contributed by atoms with E-state index in [9.17, 15) is 13.2 Å². The number of halogens is 3. The van der Waals surface area contributed by atoms with Gasteiger partial charge in [0.2, 0.25) is 0 Å². The molecule has 1 saturated heterocycles. The highest BCUT2D eigenvalue weighted by Crippen LogP contribution is 2.19. The van der Waals surface area contributed by atoms with Gasteiger partial charge in [0.05, 0.1) is 19.6 Å². The molecule has 0 radical (unpaired) electrons. The molecule has 1 fully saturated rings. The lowest BCUT2D eigenvalue weighted by Gasteiger charge is -2.28. The molecule has 6 heteroatoms. The second-order valence-electron chi connectivity index (χ2n) is 3.85. The molecule has 15 heavy (non-hydrogen) atoms. The van der Waals surface area contributed by atoms with Gasteiger partial charge in [-0.3, -0.25) is 0 Å². The molecule has 1 atom stereocenters. The molecule has 1 rings (SSSR count). The second kappa shape index (κ2) is 5.67. The van der Waals surface area contributed by atoms with Crippen LogP contribution >= 0.6 is 0 Å². The minimum atomic E-state index is -4.06. The van der Waals surface area contributed by atoms with Crippen molar-refractivity contribution < 1.29 is 17.9 Å². The van der Waals surface area contributed by atoms with Gasteiger partial charge in [-0.15, -0.1) is 0 Å². The molecule has 0 saturated carbocycles. The van der Waals surface area contributed by atoms with Crippen LogP contribution in [0.4, 0.5) is 13.2 Å². The molecule has 0 spiro atoms. The van der Waals surface area contributed by atoms with E-state index in [0.717, 1.165) is 6.54 Å². The summed E-state index contributed by atoms with van der Waals surface area (Å²) in [5.41, 5.74) is 0. The van der Waals surface area contributed by atoms with Gasteiger partial charge in [0.15, 0.2) is 0 Å². The Morgan fingerprint density at radius 3 is 2.73 bits per heavy atom.